The number of carboxylic acid groups (broad SMARTS) is 1. The minimum absolute atomic E-state index is 0.233. The Hall–Kier alpha value is -1.71. The van der Waals surface area contributed by atoms with E-state index in [1.54, 1.807) is 0 Å². The molecule has 0 heterocycles. The Bertz CT molecular complexity index is 429. The second kappa shape index (κ2) is 10.1. The summed E-state index contributed by atoms with van der Waals surface area (Å²) in [6.45, 7) is 5.50. The molecule has 0 aliphatic rings. The molecule has 0 bridgehead atoms. The van der Waals surface area contributed by atoms with E-state index in [4.69, 9.17) is 14.6 Å². The molecule has 1 N–H and O–H groups in total. The van der Waals surface area contributed by atoms with Crippen molar-refractivity contribution in [3.8, 4) is 11.5 Å². The lowest BCUT2D eigenvalue weighted by atomic mass is 10.1. The Morgan fingerprint density at radius 3 is 2.33 bits per heavy atom. The second-order valence-electron chi connectivity index (χ2n) is 5.08. The Morgan fingerprint density at radius 2 is 1.71 bits per heavy atom. The number of benzene rings is 1. The van der Waals surface area contributed by atoms with Crippen LogP contribution in [-0.4, -0.2) is 24.3 Å². The third kappa shape index (κ3) is 7.02. The molecule has 0 atom stereocenters. The molecule has 0 unspecified atom stereocenters. The van der Waals surface area contributed by atoms with Crippen molar-refractivity contribution in [2.24, 2.45) is 0 Å². The van der Waals surface area contributed by atoms with Gasteiger partial charge in [-0.05, 0) is 49.8 Å². The maximum Gasteiger partial charge on any atom is 0.303 e. The fourth-order valence-corrected chi connectivity index (χ4v) is 1.97. The van der Waals surface area contributed by atoms with Gasteiger partial charge in [0.2, 0.25) is 0 Å². The molecule has 0 aliphatic heterocycles. The van der Waals surface area contributed by atoms with Crippen molar-refractivity contribution in [2.75, 3.05) is 13.2 Å². The summed E-state index contributed by atoms with van der Waals surface area (Å²) >= 11 is 0. The molecule has 0 aromatic heterocycles. The van der Waals surface area contributed by atoms with E-state index in [0.717, 1.165) is 42.7 Å². The van der Waals surface area contributed by atoms with Crippen LogP contribution in [0.5, 0.6) is 11.5 Å². The van der Waals surface area contributed by atoms with Gasteiger partial charge in [-0.3, -0.25) is 4.79 Å². The molecule has 4 nitrogen and oxygen atoms in total. The van der Waals surface area contributed by atoms with Crippen LogP contribution in [0.25, 0.3) is 0 Å². The van der Waals surface area contributed by atoms with Gasteiger partial charge in [0, 0.05) is 6.42 Å². The number of unbranched alkanes of at least 4 members (excludes halogenated alkanes) is 1. The maximum absolute atomic E-state index is 10.5. The average Bonchev–Trinajstić information content (AvgIpc) is 2.48. The monoisotopic (exact) mass is 294 g/mol. The highest BCUT2D eigenvalue weighted by molar-refractivity contribution is 5.66. The number of carbonyl (C=O) groups is 1. The zero-order valence-corrected chi connectivity index (χ0v) is 13.1. The molecule has 1 aromatic carbocycles. The van der Waals surface area contributed by atoms with Gasteiger partial charge in [-0.15, -0.1) is 0 Å². The number of carboxylic acids is 1. The minimum atomic E-state index is -0.731. The Balaban J connectivity index is 2.61. The SMILES string of the molecule is CCCOc1ccc(CCCCC(=O)O)cc1OCCC. The molecule has 0 radical (unpaired) electrons. The van der Waals surface area contributed by atoms with Gasteiger partial charge >= 0.3 is 5.97 Å². The summed E-state index contributed by atoms with van der Waals surface area (Å²) in [5.74, 6) is 0.853. The molecule has 0 fully saturated rings. The molecule has 1 rings (SSSR count). The van der Waals surface area contributed by atoms with E-state index in [1.165, 1.54) is 0 Å². The number of hydrogen-bond donors (Lipinski definition) is 1. The van der Waals surface area contributed by atoms with Crippen molar-refractivity contribution in [2.45, 2.75) is 52.4 Å². The molecule has 0 saturated heterocycles. The van der Waals surface area contributed by atoms with Crippen LogP contribution in [0, 0.1) is 0 Å². The van der Waals surface area contributed by atoms with Crippen LogP contribution < -0.4 is 9.47 Å². The third-order valence-corrected chi connectivity index (χ3v) is 3.04. The zero-order chi connectivity index (χ0) is 15.5. The minimum Gasteiger partial charge on any atom is -0.490 e. The molecular weight excluding hydrogens is 268 g/mol. The van der Waals surface area contributed by atoms with Crippen LogP contribution in [-0.2, 0) is 11.2 Å². The lowest BCUT2D eigenvalue weighted by Crippen LogP contribution is -2.02. The van der Waals surface area contributed by atoms with Crippen molar-refractivity contribution in [3.05, 3.63) is 23.8 Å². The molecule has 0 aliphatic carbocycles. The third-order valence-electron chi connectivity index (χ3n) is 3.04. The van der Waals surface area contributed by atoms with Crippen molar-refractivity contribution in [1.29, 1.82) is 0 Å². The second-order valence-corrected chi connectivity index (χ2v) is 5.08. The molecule has 118 valence electrons. The molecule has 0 saturated carbocycles. The van der Waals surface area contributed by atoms with Crippen molar-refractivity contribution >= 4 is 5.97 Å². The van der Waals surface area contributed by atoms with Crippen LogP contribution in [0.3, 0.4) is 0 Å². The van der Waals surface area contributed by atoms with E-state index in [2.05, 4.69) is 13.8 Å². The predicted molar refractivity (Wildman–Crippen MR) is 83.2 cm³/mol. The number of ether oxygens (including phenoxy) is 2. The van der Waals surface area contributed by atoms with E-state index in [1.807, 2.05) is 18.2 Å². The van der Waals surface area contributed by atoms with E-state index < -0.39 is 5.97 Å². The van der Waals surface area contributed by atoms with Crippen molar-refractivity contribution in [3.63, 3.8) is 0 Å². The highest BCUT2D eigenvalue weighted by Gasteiger charge is 2.07. The lowest BCUT2D eigenvalue weighted by molar-refractivity contribution is -0.137. The number of aryl methyl sites for hydroxylation is 1. The van der Waals surface area contributed by atoms with Gasteiger partial charge in [0.15, 0.2) is 11.5 Å². The zero-order valence-electron chi connectivity index (χ0n) is 13.1. The van der Waals surface area contributed by atoms with Crippen LogP contribution >= 0.6 is 0 Å². The summed E-state index contributed by atoms with van der Waals surface area (Å²) in [5, 5.41) is 8.63. The quantitative estimate of drug-likeness (QED) is 0.625. The van der Waals surface area contributed by atoms with Crippen LogP contribution in [0.15, 0.2) is 18.2 Å². The molecule has 1 aromatic rings. The number of hydrogen-bond acceptors (Lipinski definition) is 3. The average molecular weight is 294 g/mol. The number of rotatable bonds is 11. The summed E-state index contributed by atoms with van der Waals surface area (Å²) in [6.07, 6.45) is 4.59. The first kappa shape index (κ1) is 17.3. The summed E-state index contributed by atoms with van der Waals surface area (Å²) in [7, 11) is 0. The van der Waals surface area contributed by atoms with Crippen LogP contribution in [0.2, 0.25) is 0 Å². The molecule has 0 spiro atoms. The van der Waals surface area contributed by atoms with Crippen molar-refractivity contribution in [1.82, 2.24) is 0 Å². The highest BCUT2D eigenvalue weighted by Crippen LogP contribution is 2.29. The normalized spacial score (nSPS) is 10.4. The molecule has 21 heavy (non-hydrogen) atoms. The smallest absolute Gasteiger partial charge is 0.303 e. The van der Waals surface area contributed by atoms with Crippen molar-refractivity contribution < 1.29 is 19.4 Å². The van der Waals surface area contributed by atoms with E-state index in [9.17, 15) is 4.79 Å². The summed E-state index contributed by atoms with van der Waals surface area (Å²) in [6, 6.07) is 6.00. The summed E-state index contributed by atoms with van der Waals surface area (Å²) < 4.78 is 11.4. The molecule has 0 amide bonds. The molecule has 4 heteroatoms. The van der Waals surface area contributed by atoms with Gasteiger partial charge in [-0.1, -0.05) is 19.9 Å². The van der Waals surface area contributed by atoms with Gasteiger partial charge in [-0.25, -0.2) is 0 Å². The van der Waals surface area contributed by atoms with E-state index in [-0.39, 0.29) is 6.42 Å². The fourth-order valence-electron chi connectivity index (χ4n) is 1.97. The first-order chi connectivity index (χ1) is 10.2. The van der Waals surface area contributed by atoms with Crippen LogP contribution in [0.4, 0.5) is 0 Å². The van der Waals surface area contributed by atoms with Gasteiger partial charge in [0.05, 0.1) is 13.2 Å². The van der Waals surface area contributed by atoms with Gasteiger partial charge in [0.25, 0.3) is 0 Å². The topological polar surface area (TPSA) is 55.8 Å². The fraction of sp³-hybridized carbons (Fsp3) is 0.588. The standard InChI is InChI=1S/C17H26O4/c1-3-11-20-15-10-9-14(7-5-6-8-17(18)19)13-16(15)21-12-4-2/h9-10,13H,3-8,11-12H2,1-2H3,(H,18,19). The first-order valence-electron chi connectivity index (χ1n) is 7.77. The summed E-state index contributed by atoms with van der Waals surface area (Å²) in [5.41, 5.74) is 1.16. The Morgan fingerprint density at radius 1 is 1.05 bits per heavy atom. The van der Waals surface area contributed by atoms with Gasteiger partial charge in [0.1, 0.15) is 0 Å². The maximum atomic E-state index is 10.5. The van der Waals surface area contributed by atoms with Gasteiger partial charge in [-0.2, -0.15) is 0 Å². The van der Waals surface area contributed by atoms with E-state index >= 15 is 0 Å². The summed E-state index contributed by atoms with van der Waals surface area (Å²) in [4.78, 5) is 10.5. The predicted octanol–water partition coefficient (Wildman–Crippen LogP) is 4.06. The van der Waals surface area contributed by atoms with E-state index in [0.29, 0.717) is 19.6 Å². The highest BCUT2D eigenvalue weighted by atomic mass is 16.5. The largest absolute Gasteiger partial charge is 0.490 e. The Labute approximate surface area is 127 Å². The van der Waals surface area contributed by atoms with Gasteiger partial charge < -0.3 is 14.6 Å². The Kier molecular flexibility index (Phi) is 8.32. The van der Waals surface area contributed by atoms with Crippen LogP contribution in [0.1, 0.15) is 51.5 Å². The first-order valence-corrected chi connectivity index (χ1v) is 7.77. The molecular formula is C17H26O4. The number of aliphatic carboxylic acids is 1. The lowest BCUT2D eigenvalue weighted by Gasteiger charge is -2.13.